The first kappa shape index (κ1) is 22.5. The highest BCUT2D eigenvalue weighted by Gasteiger charge is 2.17. The molecular weight excluding hydrogens is 442 g/mol. The van der Waals surface area contributed by atoms with Gasteiger partial charge in [0.1, 0.15) is 0 Å². The molecule has 178 valence electrons. The van der Waals surface area contributed by atoms with Crippen LogP contribution < -0.4 is 5.69 Å². The van der Waals surface area contributed by atoms with Crippen molar-refractivity contribution in [3.63, 3.8) is 0 Å². The van der Waals surface area contributed by atoms with Gasteiger partial charge < -0.3 is 4.57 Å². The van der Waals surface area contributed by atoms with Gasteiger partial charge in [-0.15, -0.1) is 10.2 Å². The highest BCUT2D eigenvalue weighted by Crippen LogP contribution is 2.29. The number of nitrogens with one attached hydrogen (secondary N) is 1. The van der Waals surface area contributed by atoms with E-state index in [1.165, 1.54) is 0 Å². The van der Waals surface area contributed by atoms with E-state index in [0.29, 0.717) is 18.3 Å². The van der Waals surface area contributed by atoms with E-state index in [4.69, 9.17) is 0 Å². The van der Waals surface area contributed by atoms with Crippen LogP contribution in [0, 0.1) is 0 Å². The van der Waals surface area contributed by atoms with Crippen LogP contribution in [0.5, 0.6) is 0 Å². The molecule has 4 heterocycles. The molecule has 5 rings (SSSR count). The molecule has 0 atom stereocenters. The molecule has 0 spiro atoms. The number of unbranched alkanes of at least 4 members (excludes halogenated alkanes) is 1. The smallest absolute Gasteiger partial charge is 0.317 e. The predicted octanol–water partition coefficient (Wildman–Crippen LogP) is 3.49. The summed E-state index contributed by atoms with van der Waals surface area (Å²) in [5.74, 6) is 1.17. The van der Waals surface area contributed by atoms with Crippen LogP contribution in [0.1, 0.15) is 38.1 Å². The van der Waals surface area contributed by atoms with Crippen molar-refractivity contribution in [3.05, 3.63) is 83.1 Å². The maximum absolute atomic E-state index is 13.4. The topological polar surface area (TPSA) is 112 Å². The van der Waals surface area contributed by atoms with Gasteiger partial charge in [-0.25, -0.2) is 14.3 Å². The minimum Gasteiger partial charge on any atom is -0.317 e. The second-order valence-corrected chi connectivity index (χ2v) is 8.30. The van der Waals surface area contributed by atoms with Crippen molar-refractivity contribution in [3.8, 4) is 28.5 Å². The Labute approximate surface area is 202 Å². The van der Waals surface area contributed by atoms with Crippen LogP contribution in [-0.4, -0.2) is 44.3 Å². The summed E-state index contributed by atoms with van der Waals surface area (Å²) in [5, 5.41) is 14.4. The van der Waals surface area contributed by atoms with Crippen molar-refractivity contribution in [2.45, 2.75) is 46.2 Å². The van der Waals surface area contributed by atoms with Gasteiger partial charge >= 0.3 is 5.69 Å². The van der Waals surface area contributed by atoms with Crippen LogP contribution in [0.15, 0.2) is 66.0 Å². The fraction of sp³-hybridized carbons (Fsp3) is 0.280. The maximum Gasteiger partial charge on any atom is 0.335 e. The number of pyridine rings is 1. The third-order valence-corrected chi connectivity index (χ3v) is 6.07. The number of hydrogen-bond donors (Lipinski definition) is 1. The Bertz CT molecular complexity index is 1460. The highest BCUT2D eigenvalue weighted by molar-refractivity contribution is 5.79. The molecule has 5 aromatic rings. The van der Waals surface area contributed by atoms with E-state index in [-0.39, 0.29) is 5.69 Å². The van der Waals surface area contributed by atoms with Gasteiger partial charge in [0.05, 0.1) is 12.2 Å². The molecule has 0 radical (unpaired) electrons. The lowest BCUT2D eigenvalue weighted by molar-refractivity contribution is 0.653. The average molecular weight is 470 g/mol. The Morgan fingerprint density at radius 3 is 2.60 bits per heavy atom. The number of aryl methyl sites for hydroxylation is 2. The van der Waals surface area contributed by atoms with E-state index in [2.05, 4.69) is 37.5 Å². The highest BCUT2D eigenvalue weighted by atomic mass is 16.1. The maximum atomic E-state index is 13.4. The van der Waals surface area contributed by atoms with Crippen LogP contribution in [0.25, 0.3) is 28.5 Å². The van der Waals surface area contributed by atoms with Gasteiger partial charge in [0.25, 0.3) is 0 Å². The number of benzene rings is 1. The number of hydrogen-bond acceptors (Lipinski definition) is 6. The van der Waals surface area contributed by atoms with Gasteiger partial charge in [-0.05, 0) is 36.6 Å². The molecule has 0 unspecified atom stereocenters. The van der Waals surface area contributed by atoms with Gasteiger partial charge in [0.2, 0.25) is 11.8 Å². The zero-order valence-electron chi connectivity index (χ0n) is 19.8. The molecule has 0 saturated heterocycles. The Morgan fingerprint density at radius 1 is 1.03 bits per heavy atom. The Morgan fingerprint density at radius 2 is 1.89 bits per heavy atom. The number of aromatic nitrogens is 9. The van der Waals surface area contributed by atoms with Crippen molar-refractivity contribution in [1.29, 1.82) is 0 Å². The first-order valence-electron chi connectivity index (χ1n) is 11.8. The fourth-order valence-electron chi connectivity index (χ4n) is 4.21. The lowest BCUT2D eigenvalue weighted by atomic mass is 10.0. The normalized spacial score (nSPS) is 11.3. The zero-order valence-corrected chi connectivity index (χ0v) is 19.8. The molecule has 0 fully saturated rings. The van der Waals surface area contributed by atoms with Crippen LogP contribution in [-0.2, 0) is 19.5 Å². The average Bonchev–Trinajstić information content (AvgIpc) is 3.65. The van der Waals surface area contributed by atoms with Gasteiger partial charge in [-0.3, -0.25) is 9.55 Å². The number of rotatable bonds is 9. The van der Waals surface area contributed by atoms with E-state index in [9.17, 15) is 4.79 Å². The van der Waals surface area contributed by atoms with Crippen LogP contribution >= 0.6 is 0 Å². The molecule has 10 nitrogen and oxygen atoms in total. The summed E-state index contributed by atoms with van der Waals surface area (Å²) < 4.78 is 5.41. The SMILES string of the molecule is CCCCc1cn(-c2nccn2CC)c(=O)n1Cc1ccc(-c2ccccc2-c2nn[nH]n2)cn1. The molecule has 1 N–H and O–H groups in total. The number of tetrazole rings is 1. The summed E-state index contributed by atoms with van der Waals surface area (Å²) in [7, 11) is 0. The second kappa shape index (κ2) is 9.88. The van der Waals surface area contributed by atoms with Crippen molar-refractivity contribution < 1.29 is 0 Å². The molecule has 0 amide bonds. The summed E-state index contributed by atoms with van der Waals surface area (Å²) in [4.78, 5) is 22.5. The summed E-state index contributed by atoms with van der Waals surface area (Å²) in [6.07, 6.45) is 10.2. The molecule has 0 aliphatic heterocycles. The van der Waals surface area contributed by atoms with Gasteiger partial charge in [0.15, 0.2) is 0 Å². The van der Waals surface area contributed by atoms with Gasteiger partial charge in [-0.2, -0.15) is 5.21 Å². The molecular formula is C25H27N9O. The van der Waals surface area contributed by atoms with E-state index in [1.54, 1.807) is 15.3 Å². The minimum atomic E-state index is -0.106. The largest absolute Gasteiger partial charge is 0.335 e. The summed E-state index contributed by atoms with van der Waals surface area (Å²) in [6, 6.07) is 11.8. The third-order valence-electron chi connectivity index (χ3n) is 6.07. The van der Waals surface area contributed by atoms with Crippen molar-refractivity contribution >= 4 is 0 Å². The van der Waals surface area contributed by atoms with Gasteiger partial charge in [0, 0.05) is 48.2 Å². The van der Waals surface area contributed by atoms with Crippen molar-refractivity contribution in [2.24, 2.45) is 0 Å². The molecule has 0 aliphatic carbocycles. The molecule has 4 aromatic heterocycles. The molecule has 35 heavy (non-hydrogen) atoms. The summed E-state index contributed by atoms with van der Waals surface area (Å²) in [5.41, 5.74) is 4.46. The van der Waals surface area contributed by atoms with Crippen LogP contribution in [0.4, 0.5) is 0 Å². The molecule has 0 aliphatic rings. The van der Waals surface area contributed by atoms with Crippen LogP contribution in [0.3, 0.4) is 0 Å². The standard InChI is InChI=1S/C25H27N9O/c1-3-5-8-20-17-34(24-26-13-14-32(24)4-2)25(35)33(20)16-19-12-11-18(15-27-19)21-9-6-7-10-22(21)23-28-30-31-29-23/h6-7,9-15,17H,3-5,8,16H2,1-2H3,(H,28,29,30,31). The Kier molecular flexibility index (Phi) is 6.34. The van der Waals surface area contributed by atoms with E-state index < -0.39 is 0 Å². The number of imidazole rings is 2. The lowest BCUT2D eigenvalue weighted by Gasteiger charge is -2.09. The number of aromatic amines is 1. The Balaban J connectivity index is 1.47. The summed E-state index contributed by atoms with van der Waals surface area (Å²) >= 11 is 0. The molecule has 0 bridgehead atoms. The van der Waals surface area contributed by atoms with Crippen molar-refractivity contribution in [2.75, 3.05) is 0 Å². The van der Waals surface area contributed by atoms with Crippen LogP contribution in [0.2, 0.25) is 0 Å². The molecule has 0 saturated carbocycles. The first-order valence-corrected chi connectivity index (χ1v) is 11.8. The quantitative estimate of drug-likeness (QED) is 0.354. The third kappa shape index (κ3) is 4.42. The number of nitrogens with zero attached hydrogens (tertiary/aromatic N) is 8. The minimum absolute atomic E-state index is 0.106. The van der Waals surface area contributed by atoms with Crippen molar-refractivity contribution in [1.82, 2.24) is 44.3 Å². The van der Waals surface area contributed by atoms with E-state index in [1.807, 2.05) is 66.5 Å². The molecule has 1 aromatic carbocycles. The van der Waals surface area contributed by atoms with Gasteiger partial charge in [-0.1, -0.05) is 43.7 Å². The first-order chi connectivity index (χ1) is 17.2. The summed E-state index contributed by atoms with van der Waals surface area (Å²) in [6.45, 7) is 5.32. The zero-order chi connectivity index (χ0) is 24.2. The lowest BCUT2D eigenvalue weighted by Crippen LogP contribution is -2.26. The predicted molar refractivity (Wildman–Crippen MR) is 132 cm³/mol. The fourth-order valence-corrected chi connectivity index (χ4v) is 4.21. The second-order valence-electron chi connectivity index (χ2n) is 8.30. The molecule has 10 heteroatoms. The Hall–Kier alpha value is -4.34. The number of H-pyrrole nitrogens is 1. The monoisotopic (exact) mass is 469 g/mol. The van der Waals surface area contributed by atoms with E-state index >= 15 is 0 Å². The van der Waals surface area contributed by atoms with E-state index in [0.717, 1.165) is 53.9 Å².